The van der Waals surface area contributed by atoms with E-state index in [-0.39, 0.29) is 6.61 Å². The number of carboxylic acid groups (broad SMARTS) is 1. The zero-order valence-electron chi connectivity index (χ0n) is 9.10. The summed E-state index contributed by atoms with van der Waals surface area (Å²) in [6.45, 7) is 4.39. The van der Waals surface area contributed by atoms with Crippen molar-refractivity contribution in [3.05, 3.63) is 0 Å². The van der Waals surface area contributed by atoms with Crippen LogP contribution < -0.4 is 5.73 Å². The van der Waals surface area contributed by atoms with Crippen molar-refractivity contribution in [2.24, 2.45) is 5.73 Å². The molecular formula is C9H19NO4S. The minimum absolute atomic E-state index is 0.00268. The Morgan fingerprint density at radius 2 is 2.13 bits per heavy atom. The van der Waals surface area contributed by atoms with E-state index < -0.39 is 16.8 Å². The normalized spacial score (nSPS) is 13.9. The topological polar surface area (TPSA) is 92.8 Å². The molecule has 90 valence electrons. The second-order valence-corrected chi connectivity index (χ2v) is 5.35. The van der Waals surface area contributed by atoms with Crippen LogP contribution in [-0.4, -0.2) is 52.5 Å². The lowest BCUT2D eigenvalue weighted by Crippen LogP contribution is -2.47. The summed E-state index contributed by atoms with van der Waals surface area (Å²) in [4.78, 5) is 10.7. The predicted octanol–water partition coefficient (Wildman–Crippen LogP) is -0.0810. The minimum Gasteiger partial charge on any atom is -0.480 e. The van der Waals surface area contributed by atoms with Crippen LogP contribution in [0.3, 0.4) is 0 Å². The van der Waals surface area contributed by atoms with Crippen LogP contribution in [0.1, 0.15) is 13.8 Å². The molecule has 0 saturated heterocycles. The van der Waals surface area contributed by atoms with Crippen LogP contribution in [0.2, 0.25) is 0 Å². The quantitative estimate of drug-likeness (QED) is 0.511. The van der Waals surface area contributed by atoms with Gasteiger partial charge in [0.1, 0.15) is 6.04 Å². The van der Waals surface area contributed by atoms with Gasteiger partial charge in [-0.2, -0.15) is 11.8 Å². The first kappa shape index (κ1) is 14.7. The van der Waals surface area contributed by atoms with Crippen molar-refractivity contribution in [1.29, 1.82) is 0 Å². The third-order valence-electron chi connectivity index (χ3n) is 1.95. The molecular weight excluding hydrogens is 218 g/mol. The second-order valence-electron chi connectivity index (χ2n) is 3.60. The van der Waals surface area contributed by atoms with Crippen LogP contribution in [0.25, 0.3) is 0 Å². The number of aliphatic carboxylic acids is 1. The number of hydrogen-bond donors (Lipinski definition) is 3. The Morgan fingerprint density at radius 1 is 1.53 bits per heavy atom. The van der Waals surface area contributed by atoms with Crippen LogP contribution in [0.5, 0.6) is 0 Å². The fourth-order valence-electron chi connectivity index (χ4n) is 0.917. The van der Waals surface area contributed by atoms with Gasteiger partial charge in [-0.15, -0.1) is 0 Å². The molecule has 0 unspecified atom stereocenters. The number of aliphatic hydroxyl groups is 1. The van der Waals surface area contributed by atoms with Gasteiger partial charge in [0, 0.05) is 10.5 Å². The standard InChI is InChI=1S/C9H19NO4S/c1-9(2,7(10)8(12)13)15-6-5-14-4-3-11/h7,11H,3-6,10H2,1-2H3,(H,12,13)/t7-/m1/s1. The summed E-state index contributed by atoms with van der Waals surface area (Å²) in [7, 11) is 0. The van der Waals surface area contributed by atoms with Crippen LogP contribution >= 0.6 is 11.8 Å². The molecule has 0 saturated carbocycles. The highest BCUT2D eigenvalue weighted by molar-refractivity contribution is 8.00. The molecule has 15 heavy (non-hydrogen) atoms. The molecule has 0 aliphatic heterocycles. The van der Waals surface area contributed by atoms with E-state index in [1.807, 2.05) is 0 Å². The van der Waals surface area contributed by atoms with E-state index in [0.717, 1.165) is 0 Å². The van der Waals surface area contributed by atoms with Gasteiger partial charge in [0.15, 0.2) is 0 Å². The fraction of sp³-hybridized carbons (Fsp3) is 0.889. The van der Waals surface area contributed by atoms with Crippen molar-refractivity contribution in [2.75, 3.05) is 25.6 Å². The molecule has 1 atom stereocenters. The summed E-state index contributed by atoms with van der Waals surface area (Å²) >= 11 is 1.45. The Hall–Kier alpha value is -0.300. The number of thioether (sulfide) groups is 1. The van der Waals surface area contributed by atoms with Crippen molar-refractivity contribution in [3.8, 4) is 0 Å². The Balaban J connectivity index is 3.78. The van der Waals surface area contributed by atoms with E-state index in [2.05, 4.69) is 0 Å². The maximum atomic E-state index is 10.7. The van der Waals surface area contributed by atoms with E-state index >= 15 is 0 Å². The Bertz CT molecular complexity index is 199. The predicted molar refractivity (Wildman–Crippen MR) is 60.1 cm³/mol. The number of carboxylic acids is 1. The first-order chi connectivity index (χ1) is 6.91. The van der Waals surface area contributed by atoms with Crippen molar-refractivity contribution in [3.63, 3.8) is 0 Å². The molecule has 0 aromatic rings. The smallest absolute Gasteiger partial charge is 0.321 e. The highest BCUT2D eigenvalue weighted by Crippen LogP contribution is 2.27. The molecule has 0 spiro atoms. The maximum absolute atomic E-state index is 10.7. The summed E-state index contributed by atoms with van der Waals surface area (Å²) in [6.07, 6.45) is 0. The van der Waals surface area contributed by atoms with Crippen LogP contribution in [0.15, 0.2) is 0 Å². The number of rotatable bonds is 8. The largest absolute Gasteiger partial charge is 0.480 e. The monoisotopic (exact) mass is 237 g/mol. The molecule has 5 nitrogen and oxygen atoms in total. The van der Waals surface area contributed by atoms with E-state index in [9.17, 15) is 4.79 Å². The number of ether oxygens (including phenoxy) is 1. The van der Waals surface area contributed by atoms with Gasteiger partial charge < -0.3 is 20.7 Å². The van der Waals surface area contributed by atoms with Gasteiger partial charge in [-0.3, -0.25) is 4.79 Å². The molecule has 0 aromatic carbocycles. The molecule has 0 aliphatic carbocycles. The van der Waals surface area contributed by atoms with Crippen molar-refractivity contribution >= 4 is 17.7 Å². The lowest BCUT2D eigenvalue weighted by Gasteiger charge is -2.27. The van der Waals surface area contributed by atoms with Crippen LogP contribution in [0, 0.1) is 0 Å². The number of aliphatic hydroxyl groups excluding tert-OH is 1. The lowest BCUT2D eigenvalue weighted by atomic mass is 10.1. The molecule has 4 N–H and O–H groups in total. The highest BCUT2D eigenvalue weighted by Gasteiger charge is 2.32. The minimum atomic E-state index is -0.997. The van der Waals surface area contributed by atoms with E-state index in [4.69, 9.17) is 20.7 Å². The van der Waals surface area contributed by atoms with Gasteiger partial charge >= 0.3 is 5.97 Å². The highest BCUT2D eigenvalue weighted by atomic mass is 32.2. The van der Waals surface area contributed by atoms with Gasteiger partial charge in [0.25, 0.3) is 0 Å². The molecule has 0 heterocycles. The molecule has 0 fully saturated rings. The van der Waals surface area contributed by atoms with Crippen LogP contribution in [-0.2, 0) is 9.53 Å². The molecule has 6 heteroatoms. The Labute approximate surface area is 94.0 Å². The summed E-state index contributed by atoms with van der Waals surface area (Å²) in [5.74, 6) is -0.336. The number of hydrogen-bond acceptors (Lipinski definition) is 5. The van der Waals surface area contributed by atoms with Crippen molar-refractivity contribution in [1.82, 2.24) is 0 Å². The molecule has 0 bridgehead atoms. The van der Waals surface area contributed by atoms with E-state index in [1.165, 1.54) is 11.8 Å². The summed E-state index contributed by atoms with van der Waals surface area (Å²) in [5, 5.41) is 17.2. The Kier molecular flexibility index (Phi) is 6.91. The molecule has 0 amide bonds. The average Bonchev–Trinajstić information content (AvgIpc) is 2.16. The molecule has 0 rings (SSSR count). The van der Waals surface area contributed by atoms with Gasteiger partial charge in [-0.1, -0.05) is 0 Å². The lowest BCUT2D eigenvalue weighted by molar-refractivity contribution is -0.139. The number of nitrogens with two attached hydrogens (primary N) is 1. The second kappa shape index (κ2) is 7.05. The molecule has 0 aliphatic rings. The third-order valence-corrected chi connectivity index (χ3v) is 3.32. The first-order valence-corrected chi connectivity index (χ1v) is 5.71. The fourth-order valence-corrected chi connectivity index (χ4v) is 1.93. The van der Waals surface area contributed by atoms with Gasteiger partial charge in [0.2, 0.25) is 0 Å². The zero-order chi connectivity index (χ0) is 11.9. The average molecular weight is 237 g/mol. The van der Waals surface area contributed by atoms with Crippen molar-refractivity contribution in [2.45, 2.75) is 24.6 Å². The van der Waals surface area contributed by atoms with Crippen molar-refractivity contribution < 1.29 is 19.7 Å². The third kappa shape index (κ3) is 5.99. The van der Waals surface area contributed by atoms with Crippen LogP contribution in [0.4, 0.5) is 0 Å². The Morgan fingerprint density at radius 3 is 2.60 bits per heavy atom. The summed E-state index contributed by atoms with van der Waals surface area (Å²) < 4.78 is 4.54. The number of carbonyl (C=O) groups is 1. The maximum Gasteiger partial charge on any atom is 0.321 e. The van der Waals surface area contributed by atoms with Gasteiger partial charge in [-0.05, 0) is 13.8 Å². The van der Waals surface area contributed by atoms with Gasteiger partial charge in [-0.25, -0.2) is 0 Å². The van der Waals surface area contributed by atoms with Gasteiger partial charge in [0.05, 0.1) is 19.8 Å². The van der Waals surface area contributed by atoms with E-state index in [1.54, 1.807) is 13.8 Å². The first-order valence-electron chi connectivity index (χ1n) is 4.72. The SMILES string of the molecule is CC(C)(SCCOCCO)[C@H](N)C(=O)O. The summed E-state index contributed by atoms with van der Waals surface area (Å²) in [5.41, 5.74) is 5.53. The molecule has 0 aromatic heterocycles. The zero-order valence-corrected chi connectivity index (χ0v) is 9.92. The molecule has 0 radical (unpaired) electrons. The van der Waals surface area contributed by atoms with E-state index in [0.29, 0.717) is 19.0 Å². The summed E-state index contributed by atoms with van der Waals surface area (Å²) in [6, 6.07) is -0.889.